The topological polar surface area (TPSA) is 17.1 Å². The van der Waals surface area contributed by atoms with Crippen LogP contribution in [0.4, 0.5) is 26.3 Å². The first-order valence-corrected chi connectivity index (χ1v) is 9.91. The van der Waals surface area contributed by atoms with E-state index in [0.29, 0.717) is 17.7 Å². The Labute approximate surface area is 187 Å². The fourth-order valence-corrected chi connectivity index (χ4v) is 3.93. The summed E-state index contributed by atoms with van der Waals surface area (Å²) in [6.07, 6.45) is -10.0. The third kappa shape index (κ3) is 5.02. The Hall–Kier alpha value is -3.35. The van der Waals surface area contributed by atoms with Crippen molar-refractivity contribution in [2.45, 2.75) is 33.1 Å². The van der Waals surface area contributed by atoms with Gasteiger partial charge in [0, 0.05) is 11.1 Å². The number of rotatable bonds is 4. The predicted molar refractivity (Wildman–Crippen MR) is 116 cm³/mol. The molecule has 0 saturated carbocycles. The van der Waals surface area contributed by atoms with Gasteiger partial charge in [-0.2, -0.15) is 26.3 Å². The third-order valence-corrected chi connectivity index (χ3v) is 5.33. The third-order valence-electron chi connectivity index (χ3n) is 5.33. The van der Waals surface area contributed by atoms with E-state index in [1.165, 1.54) is 6.07 Å². The molecule has 3 aromatic carbocycles. The highest BCUT2D eigenvalue weighted by molar-refractivity contribution is 6.30. The number of hydrogen-bond acceptors (Lipinski definition) is 1. The molecule has 0 spiro atoms. The highest BCUT2D eigenvalue weighted by Crippen LogP contribution is 2.39. The average Bonchev–Trinajstić information content (AvgIpc) is 2.70. The van der Waals surface area contributed by atoms with Crippen LogP contribution in [0.5, 0.6) is 0 Å². The monoisotopic (exact) mass is 462 g/mol. The summed E-state index contributed by atoms with van der Waals surface area (Å²) in [5, 5.41) is 0. The molecule has 33 heavy (non-hydrogen) atoms. The second-order valence-electron chi connectivity index (χ2n) is 7.92. The number of carbonyl (C=O) groups excluding carboxylic acids is 1. The molecule has 0 aliphatic rings. The first-order valence-electron chi connectivity index (χ1n) is 9.91. The van der Waals surface area contributed by atoms with Gasteiger partial charge in [-0.3, -0.25) is 4.79 Å². The van der Waals surface area contributed by atoms with E-state index >= 15 is 0 Å². The molecule has 0 amide bonds. The van der Waals surface area contributed by atoms with Crippen LogP contribution in [0.15, 0.2) is 61.2 Å². The van der Waals surface area contributed by atoms with Crippen molar-refractivity contribution >= 4 is 11.4 Å². The van der Waals surface area contributed by atoms with Crippen molar-refractivity contribution in [3.8, 4) is 11.1 Å². The van der Waals surface area contributed by atoms with Crippen LogP contribution in [-0.4, -0.2) is 5.78 Å². The molecule has 0 fully saturated rings. The van der Waals surface area contributed by atoms with Gasteiger partial charge in [0.15, 0.2) is 5.78 Å². The van der Waals surface area contributed by atoms with E-state index in [2.05, 4.69) is 6.58 Å². The minimum Gasteiger partial charge on any atom is -0.289 e. The standard InChI is InChI=1S/C26H20F6O/c1-14-9-15(2)23(16(3)10-14)21-7-5-6-8-22(21)24(33)17(4)18-11-19(25(27,28)29)13-20(12-18)26(30,31)32/h5-13H,4H2,1-3H3. The Kier molecular flexibility index (Phi) is 6.29. The van der Waals surface area contributed by atoms with Gasteiger partial charge in [-0.1, -0.05) is 48.5 Å². The summed E-state index contributed by atoms with van der Waals surface area (Å²) in [6, 6.07) is 11.4. The zero-order valence-corrected chi connectivity index (χ0v) is 18.1. The van der Waals surface area contributed by atoms with Gasteiger partial charge in [0.25, 0.3) is 0 Å². The Balaban J connectivity index is 2.15. The molecule has 0 radical (unpaired) electrons. The summed E-state index contributed by atoms with van der Waals surface area (Å²) < 4.78 is 79.5. The maximum atomic E-state index is 13.3. The lowest BCUT2D eigenvalue weighted by molar-refractivity contribution is -0.143. The van der Waals surface area contributed by atoms with Crippen LogP contribution in [0.2, 0.25) is 0 Å². The molecular formula is C26H20F6O. The second-order valence-corrected chi connectivity index (χ2v) is 7.92. The quantitative estimate of drug-likeness (QED) is 0.217. The number of aryl methyl sites for hydroxylation is 3. The van der Waals surface area contributed by atoms with Crippen LogP contribution < -0.4 is 0 Å². The minimum absolute atomic E-state index is 0.0220. The average molecular weight is 462 g/mol. The normalized spacial score (nSPS) is 12.0. The van der Waals surface area contributed by atoms with Crippen molar-refractivity contribution in [2.75, 3.05) is 0 Å². The number of hydrogen-bond donors (Lipinski definition) is 0. The molecule has 1 nitrogen and oxygen atoms in total. The van der Waals surface area contributed by atoms with Gasteiger partial charge in [-0.25, -0.2) is 0 Å². The first-order chi connectivity index (χ1) is 15.2. The fourth-order valence-electron chi connectivity index (χ4n) is 3.93. The summed E-state index contributed by atoms with van der Waals surface area (Å²) in [4.78, 5) is 13.3. The second kappa shape index (κ2) is 8.54. The number of benzene rings is 3. The molecule has 0 atom stereocenters. The zero-order chi connectivity index (χ0) is 24.7. The first kappa shape index (κ1) is 24.3. The molecule has 0 heterocycles. The molecule has 0 aromatic heterocycles. The minimum atomic E-state index is -5.02. The summed E-state index contributed by atoms with van der Waals surface area (Å²) in [5.41, 5.74) is 0.247. The number of allylic oxidation sites excluding steroid dienone is 1. The van der Waals surface area contributed by atoms with Crippen LogP contribution in [-0.2, 0) is 12.4 Å². The number of alkyl halides is 6. The predicted octanol–water partition coefficient (Wildman–Crippen LogP) is 8.21. The van der Waals surface area contributed by atoms with Crippen molar-refractivity contribution < 1.29 is 31.1 Å². The van der Waals surface area contributed by atoms with Crippen molar-refractivity contribution in [3.05, 3.63) is 100 Å². The number of carbonyl (C=O) groups is 1. The van der Waals surface area contributed by atoms with E-state index in [4.69, 9.17) is 0 Å². The maximum Gasteiger partial charge on any atom is 0.416 e. The summed E-state index contributed by atoms with van der Waals surface area (Å²) in [6.45, 7) is 9.22. The highest BCUT2D eigenvalue weighted by Gasteiger charge is 2.37. The van der Waals surface area contributed by atoms with Crippen molar-refractivity contribution in [1.82, 2.24) is 0 Å². The highest BCUT2D eigenvalue weighted by atomic mass is 19.4. The van der Waals surface area contributed by atoms with E-state index in [1.54, 1.807) is 18.2 Å². The van der Waals surface area contributed by atoms with E-state index in [1.807, 2.05) is 32.9 Å². The molecule has 3 aromatic rings. The largest absolute Gasteiger partial charge is 0.416 e. The van der Waals surface area contributed by atoms with Crippen LogP contribution in [0.3, 0.4) is 0 Å². The molecule has 0 aliphatic heterocycles. The molecule has 0 bridgehead atoms. The lowest BCUT2D eigenvalue weighted by Gasteiger charge is -2.17. The Bertz CT molecular complexity index is 1190. The molecule has 7 heteroatoms. The molecule has 0 N–H and O–H groups in total. The molecular weight excluding hydrogens is 442 g/mol. The van der Waals surface area contributed by atoms with Crippen molar-refractivity contribution in [2.24, 2.45) is 0 Å². The molecule has 0 unspecified atom stereocenters. The van der Waals surface area contributed by atoms with Gasteiger partial charge in [0.2, 0.25) is 0 Å². The zero-order valence-electron chi connectivity index (χ0n) is 18.1. The molecule has 3 rings (SSSR count). The SMILES string of the molecule is C=C(C(=O)c1ccccc1-c1c(C)cc(C)cc1C)c1cc(C(F)(F)F)cc(C(F)(F)F)c1. The molecule has 0 aliphatic carbocycles. The van der Waals surface area contributed by atoms with E-state index in [-0.39, 0.29) is 11.6 Å². The number of halogens is 6. The van der Waals surface area contributed by atoms with Crippen LogP contribution in [0.25, 0.3) is 16.7 Å². The maximum absolute atomic E-state index is 13.3. The lowest BCUT2D eigenvalue weighted by Crippen LogP contribution is -2.13. The Morgan fingerprint density at radius 3 is 1.73 bits per heavy atom. The summed E-state index contributed by atoms with van der Waals surface area (Å²) in [7, 11) is 0. The summed E-state index contributed by atoms with van der Waals surface area (Å²) in [5.74, 6) is -0.752. The summed E-state index contributed by atoms with van der Waals surface area (Å²) >= 11 is 0. The smallest absolute Gasteiger partial charge is 0.289 e. The van der Waals surface area contributed by atoms with E-state index in [0.717, 1.165) is 22.3 Å². The number of ketones is 1. The van der Waals surface area contributed by atoms with Gasteiger partial charge in [-0.15, -0.1) is 0 Å². The van der Waals surface area contributed by atoms with Gasteiger partial charge in [0.05, 0.1) is 11.1 Å². The van der Waals surface area contributed by atoms with Crippen molar-refractivity contribution in [3.63, 3.8) is 0 Å². The van der Waals surface area contributed by atoms with Gasteiger partial charge >= 0.3 is 12.4 Å². The van der Waals surface area contributed by atoms with Crippen LogP contribution in [0.1, 0.15) is 43.7 Å². The van der Waals surface area contributed by atoms with E-state index < -0.39 is 40.4 Å². The molecule has 0 saturated heterocycles. The van der Waals surface area contributed by atoms with Crippen LogP contribution >= 0.6 is 0 Å². The van der Waals surface area contributed by atoms with Gasteiger partial charge in [0.1, 0.15) is 0 Å². The van der Waals surface area contributed by atoms with Gasteiger partial charge in [-0.05, 0) is 66.8 Å². The number of Topliss-reactive ketones (excluding diaryl/α,β-unsaturated/α-hetero) is 1. The Morgan fingerprint density at radius 2 is 1.24 bits per heavy atom. The Morgan fingerprint density at radius 1 is 0.758 bits per heavy atom. The van der Waals surface area contributed by atoms with Crippen molar-refractivity contribution in [1.29, 1.82) is 0 Å². The van der Waals surface area contributed by atoms with Gasteiger partial charge < -0.3 is 0 Å². The van der Waals surface area contributed by atoms with E-state index in [9.17, 15) is 31.1 Å². The lowest BCUT2D eigenvalue weighted by atomic mass is 9.87. The molecule has 172 valence electrons. The fraction of sp³-hybridized carbons (Fsp3) is 0.192. The van der Waals surface area contributed by atoms with Crippen LogP contribution in [0, 0.1) is 20.8 Å².